The number of aromatic nitrogens is 2. The Balaban J connectivity index is 2.05. The summed E-state index contributed by atoms with van der Waals surface area (Å²) in [4.78, 5) is 2.34. The van der Waals surface area contributed by atoms with Gasteiger partial charge in [-0.25, -0.2) is 0 Å². The van der Waals surface area contributed by atoms with Crippen molar-refractivity contribution in [2.75, 3.05) is 25.5 Å². The second-order valence-electron chi connectivity index (χ2n) is 3.60. The lowest BCUT2D eigenvalue weighted by atomic mass is 10.3. The van der Waals surface area contributed by atoms with Gasteiger partial charge in [0, 0.05) is 12.6 Å². The number of rotatable bonds is 6. The highest BCUT2D eigenvalue weighted by atomic mass is 32.1. The van der Waals surface area contributed by atoms with Gasteiger partial charge in [-0.2, -0.15) is 0 Å². The molecular weight excluding hydrogens is 196 g/mol. The highest BCUT2D eigenvalue weighted by Gasteiger charge is 2.01. The van der Waals surface area contributed by atoms with E-state index in [1.165, 1.54) is 0 Å². The first-order valence-corrected chi connectivity index (χ1v) is 5.78. The van der Waals surface area contributed by atoms with Crippen LogP contribution in [-0.4, -0.2) is 41.3 Å². The molecule has 0 aliphatic rings. The van der Waals surface area contributed by atoms with Crippen LogP contribution < -0.4 is 5.32 Å². The smallest absolute Gasteiger partial charge is 0.205 e. The molecule has 5 heteroatoms. The first-order chi connectivity index (χ1) is 6.70. The van der Waals surface area contributed by atoms with Crippen LogP contribution >= 0.6 is 11.3 Å². The molecule has 0 amide bonds. The zero-order valence-electron chi connectivity index (χ0n) is 9.03. The number of nitrogens with one attached hydrogen (secondary N) is 1. The van der Waals surface area contributed by atoms with Crippen molar-refractivity contribution >= 4 is 16.5 Å². The maximum absolute atomic E-state index is 3.91. The van der Waals surface area contributed by atoms with Crippen molar-refractivity contribution in [2.45, 2.75) is 26.3 Å². The van der Waals surface area contributed by atoms with Crippen LogP contribution in [0.15, 0.2) is 5.51 Å². The fraction of sp³-hybridized carbons (Fsp3) is 0.778. The van der Waals surface area contributed by atoms with E-state index in [0.29, 0.717) is 6.04 Å². The maximum atomic E-state index is 3.91. The zero-order valence-corrected chi connectivity index (χ0v) is 9.84. The van der Waals surface area contributed by atoms with E-state index in [1.807, 2.05) is 0 Å². The van der Waals surface area contributed by atoms with Gasteiger partial charge in [0.15, 0.2) is 0 Å². The monoisotopic (exact) mass is 214 g/mol. The van der Waals surface area contributed by atoms with Gasteiger partial charge >= 0.3 is 0 Å². The maximum Gasteiger partial charge on any atom is 0.205 e. The highest BCUT2D eigenvalue weighted by Crippen LogP contribution is 2.07. The molecule has 1 rings (SSSR count). The lowest BCUT2D eigenvalue weighted by Gasteiger charge is -2.20. The van der Waals surface area contributed by atoms with Crippen molar-refractivity contribution < 1.29 is 0 Å². The molecule has 0 aliphatic heterocycles. The Morgan fingerprint density at radius 2 is 2.36 bits per heavy atom. The van der Waals surface area contributed by atoms with Crippen molar-refractivity contribution in [1.82, 2.24) is 15.1 Å². The number of hydrogen-bond acceptors (Lipinski definition) is 5. The zero-order chi connectivity index (χ0) is 10.4. The van der Waals surface area contributed by atoms with E-state index < -0.39 is 0 Å². The first kappa shape index (κ1) is 11.4. The molecule has 1 N–H and O–H groups in total. The van der Waals surface area contributed by atoms with Gasteiger partial charge in [-0.3, -0.25) is 0 Å². The molecule has 0 spiro atoms. The lowest BCUT2D eigenvalue weighted by molar-refractivity contribution is 0.273. The third-order valence-corrected chi connectivity index (χ3v) is 2.85. The number of nitrogens with zero attached hydrogens (tertiary/aromatic N) is 3. The summed E-state index contributed by atoms with van der Waals surface area (Å²) in [7, 11) is 2.15. The van der Waals surface area contributed by atoms with Crippen LogP contribution in [0.3, 0.4) is 0 Å². The Morgan fingerprint density at radius 1 is 1.57 bits per heavy atom. The molecular formula is C9H18N4S. The molecule has 0 radical (unpaired) electrons. The van der Waals surface area contributed by atoms with E-state index in [-0.39, 0.29) is 0 Å². The van der Waals surface area contributed by atoms with Crippen molar-refractivity contribution in [3.05, 3.63) is 5.51 Å². The van der Waals surface area contributed by atoms with Gasteiger partial charge < -0.3 is 10.2 Å². The molecule has 80 valence electrons. The molecule has 0 fully saturated rings. The predicted octanol–water partition coefficient (Wildman–Crippen LogP) is 1.68. The molecule has 1 aromatic heterocycles. The van der Waals surface area contributed by atoms with Crippen molar-refractivity contribution in [3.8, 4) is 0 Å². The lowest BCUT2D eigenvalue weighted by Crippen LogP contribution is -2.28. The minimum absolute atomic E-state index is 0.622. The molecule has 1 aromatic rings. The highest BCUT2D eigenvalue weighted by molar-refractivity contribution is 7.13. The minimum atomic E-state index is 0.622. The third kappa shape index (κ3) is 4.02. The van der Waals surface area contributed by atoms with Crippen molar-refractivity contribution in [2.24, 2.45) is 0 Å². The molecule has 0 unspecified atom stereocenters. The average Bonchev–Trinajstić information content (AvgIpc) is 2.64. The van der Waals surface area contributed by atoms with E-state index >= 15 is 0 Å². The fourth-order valence-corrected chi connectivity index (χ4v) is 1.51. The Bertz CT molecular complexity index is 235. The second kappa shape index (κ2) is 5.93. The van der Waals surface area contributed by atoms with Gasteiger partial charge in [-0.1, -0.05) is 11.3 Å². The molecule has 0 saturated heterocycles. The molecule has 0 atom stereocenters. The minimum Gasteiger partial charge on any atom is -0.360 e. The molecule has 4 nitrogen and oxygen atoms in total. The quantitative estimate of drug-likeness (QED) is 0.732. The fourth-order valence-electron chi connectivity index (χ4n) is 1.03. The summed E-state index contributed by atoms with van der Waals surface area (Å²) < 4.78 is 0. The summed E-state index contributed by atoms with van der Waals surface area (Å²) in [6, 6.07) is 0.622. The van der Waals surface area contributed by atoms with Crippen LogP contribution in [0.5, 0.6) is 0 Å². The number of anilines is 1. The standard InChI is InChI=1S/C9H18N4S/c1-8(2)13(3)6-4-5-10-9-12-11-7-14-9/h7-8H,4-6H2,1-3H3,(H,10,12). The Labute approximate surface area is 89.3 Å². The summed E-state index contributed by atoms with van der Waals surface area (Å²) in [6.07, 6.45) is 1.13. The SMILES string of the molecule is CC(C)N(C)CCCNc1nncs1. The molecule has 1 heterocycles. The van der Waals surface area contributed by atoms with E-state index in [1.54, 1.807) is 16.8 Å². The van der Waals surface area contributed by atoms with Crippen LogP contribution in [0.4, 0.5) is 5.13 Å². The third-order valence-electron chi connectivity index (χ3n) is 2.21. The molecule has 0 saturated carbocycles. The molecule has 0 bridgehead atoms. The Kier molecular flexibility index (Phi) is 4.82. The summed E-state index contributed by atoms with van der Waals surface area (Å²) >= 11 is 1.54. The topological polar surface area (TPSA) is 41.0 Å². The average molecular weight is 214 g/mol. The van der Waals surface area contributed by atoms with Crippen LogP contribution in [0.1, 0.15) is 20.3 Å². The molecule has 14 heavy (non-hydrogen) atoms. The van der Waals surface area contributed by atoms with Gasteiger partial charge in [-0.05, 0) is 33.9 Å². The largest absolute Gasteiger partial charge is 0.360 e. The number of hydrogen-bond donors (Lipinski definition) is 1. The van der Waals surface area contributed by atoms with E-state index in [4.69, 9.17) is 0 Å². The van der Waals surface area contributed by atoms with E-state index in [9.17, 15) is 0 Å². The Morgan fingerprint density at radius 3 is 2.93 bits per heavy atom. The first-order valence-electron chi connectivity index (χ1n) is 4.90. The normalized spacial score (nSPS) is 11.2. The van der Waals surface area contributed by atoms with Crippen LogP contribution in [-0.2, 0) is 0 Å². The summed E-state index contributed by atoms with van der Waals surface area (Å²) in [5, 5.41) is 11.8. The van der Waals surface area contributed by atoms with Crippen molar-refractivity contribution in [1.29, 1.82) is 0 Å². The van der Waals surface area contributed by atoms with E-state index in [2.05, 4.69) is 41.3 Å². The summed E-state index contributed by atoms with van der Waals surface area (Å²) in [5.74, 6) is 0. The van der Waals surface area contributed by atoms with Crippen molar-refractivity contribution in [3.63, 3.8) is 0 Å². The van der Waals surface area contributed by atoms with Gasteiger partial charge in [0.1, 0.15) is 5.51 Å². The van der Waals surface area contributed by atoms with Gasteiger partial charge in [0.25, 0.3) is 0 Å². The predicted molar refractivity (Wildman–Crippen MR) is 60.8 cm³/mol. The second-order valence-corrected chi connectivity index (χ2v) is 4.43. The van der Waals surface area contributed by atoms with Crippen LogP contribution in [0, 0.1) is 0 Å². The van der Waals surface area contributed by atoms with Gasteiger partial charge in [-0.15, -0.1) is 10.2 Å². The van der Waals surface area contributed by atoms with Crippen LogP contribution in [0.2, 0.25) is 0 Å². The van der Waals surface area contributed by atoms with Gasteiger partial charge in [0.05, 0.1) is 0 Å². The summed E-state index contributed by atoms with van der Waals surface area (Å²) in [6.45, 7) is 6.49. The van der Waals surface area contributed by atoms with E-state index in [0.717, 1.165) is 24.6 Å². The van der Waals surface area contributed by atoms with Crippen LogP contribution in [0.25, 0.3) is 0 Å². The van der Waals surface area contributed by atoms with Gasteiger partial charge in [0.2, 0.25) is 5.13 Å². The molecule has 0 aromatic carbocycles. The molecule has 0 aliphatic carbocycles. The Hall–Kier alpha value is -0.680. The summed E-state index contributed by atoms with van der Waals surface area (Å²) in [5.41, 5.74) is 1.74.